The highest BCUT2D eigenvalue weighted by atomic mass is 32.2. The van der Waals surface area contributed by atoms with Gasteiger partial charge in [-0.1, -0.05) is 47.7 Å². The second kappa shape index (κ2) is 9.52. The van der Waals surface area contributed by atoms with Crippen LogP contribution in [-0.4, -0.2) is 40.9 Å². The van der Waals surface area contributed by atoms with Crippen LogP contribution in [0.1, 0.15) is 27.3 Å². The summed E-state index contributed by atoms with van der Waals surface area (Å²) in [6.07, 6.45) is 0. The predicted molar refractivity (Wildman–Crippen MR) is 111 cm³/mol. The summed E-state index contributed by atoms with van der Waals surface area (Å²) in [6.45, 7) is 4.97. The molecule has 3 rings (SSSR count). The minimum atomic E-state index is -0.0931. The number of nitrogens with zero attached hydrogens (tertiary/aromatic N) is 3. The third-order valence-corrected chi connectivity index (χ3v) is 5.28. The number of thioether (sulfide) groups is 1. The van der Waals surface area contributed by atoms with Gasteiger partial charge in [-0.15, -0.1) is 10.2 Å². The Morgan fingerprint density at radius 3 is 2.61 bits per heavy atom. The van der Waals surface area contributed by atoms with Crippen LogP contribution in [0.25, 0.3) is 5.69 Å². The minimum absolute atomic E-state index is 0.0931. The molecule has 1 N–H and O–H groups in total. The van der Waals surface area contributed by atoms with E-state index in [9.17, 15) is 4.79 Å². The molecule has 28 heavy (non-hydrogen) atoms. The van der Waals surface area contributed by atoms with Crippen LogP contribution in [0.5, 0.6) is 0 Å². The van der Waals surface area contributed by atoms with Crippen molar-refractivity contribution in [3.63, 3.8) is 0 Å². The molecule has 146 valence electrons. The first kappa shape index (κ1) is 20.1. The Morgan fingerprint density at radius 2 is 1.86 bits per heavy atom. The first-order valence-corrected chi connectivity index (χ1v) is 10.1. The van der Waals surface area contributed by atoms with Crippen molar-refractivity contribution in [3.05, 3.63) is 71.0 Å². The summed E-state index contributed by atoms with van der Waals surface area (Å²) in [5, 5.41) is 12.2. The molecule has 3 aromatic rings. The fourth-order valence-corrected chi connectivity index (χ4v) is 3.80. The molecule has 0 atom stereocenters. The first-order valence-electron chi connectivity index (χ1n) is 9.07. The van der Waals surface area contributed by atoms with E-state index in [1.807, 2.05) is 35.8 Å². The molecule has 0 fully saturated rings. The maximum Gasteiger partial charge on any atom is 0.251 e. The summed E-state index contributed by atoms with van der Waals surface area (Å²) in [4.78, 5) is 12.5. The van der Waals surface area contributed by atoms with E-state index in [1.54, 1.807) is 18.9 Å². The Hall–Kier alpha value is -2.64. The van der Waals surface area contributed by atoms with Crippen molar-refractivity contribution in [2.45, 2.75) is 24.8 Å². The second-order valence-corrected chi connectivity index (χ2v) is 7.34. The van der Waals surface area contributed by atoms with Gasteiger partial charge in [-0.3, -0.25) is 9.36 Å². The molecular formula is C21H24N4O2S. The Kier molecular flexibility index (Phi) is 6.84. The van der Waals surface area contributed by atoms with E-state index in [2.05, 4.69) is 46.7 Å². The van der Waals surface area contributed by atoms with Gasteiger partial charge >= 0.3 is 0 Å². The molecule has 0 saturated heterocycles. The number of benzene rings is 2. The van der Waals surface area contributed by atoms with Crippen LogP contribution in [0.15, 0.2) is 53.7 Å². The summed E-state index contributed by atoms with van der Waals surface area (Å²) in [6, 6.07) is 15.9. The molecule has 6 nitrogen and oxygen atoms in total. The number of hydrogen-bond donors (Lipinski definition) is 1. The van der Waals surface area contributed by atoms with Gasteiger partial charge in [0.2, 0.25) is 0 Å². The first-order chi connectivity index (χ1) is 13.6. The van der Waals surface area contributed by atoms with Crippen LogP contribution in [0.2, 0.25) is 0 Å². The molecule has 0 unspecified atom stereocenters. The molecule has 0 aliphatic rings. The zero-order valence-electron chi connectivity index (χ0n) is 16.3. The van der Waals surface area contributed by atoms with E-state index in [0.29, 0.717) is 24.5 Å². The number of hydrogen-bond acceptors (Lipinski definition) is 5. The number of rotatable bonds is 8. The molecule has 0 aliphatic heterocycles. The summed E-state index contributed by atoms with van der Waals surface area (Å²) in [5.41, 5.74) is 3.86. The Balaban J connectivity index is 1.77. The largest absolute Gasteiger partial charge is 0.383 e. The van der Waals surface area contributed by atoms with Gasteiger partial charge in [-0.2, -0.15) is 0 Å². The van der Waals surface area contributed by atoms with Crippen LogP contribution in [-0.2, 0) is 10.5 Å². The normalized spacial score (nSPS) is 10.8. The number of methoxy groups -OCH3 is 1. The van der Waals surface area contributed by atoms with E-state index in [0.717, 1.165) is 22.2 Å². The lowest BCUT2D eigenvalue weighted by molar-refractivity contribution is 0.0936. The van der Waals surface area contributed by atoms with Crippen molar-refractivity contribution >= 4 is 17.7 Å². The maximum atomic E-state index is 12.5. The molecule has 1 heterocycles. The molecular weight excluding hydrogens is 372 g/mol. The molecule has 0 bridgehead atoms. The molecule has 1 amide bonds. The second-order valence-electron chi connectivity index (χ2n) is 6.40. The fourth-order valence-electron chi connectivity index (χ4n) is 2.80. The molecule has 0 spiro atoms. The average molecular weight is 397 g/mol. The third kappa shape index (κ3) is 4.79. The minimum Gasteiger partial charge on any atom is -0.383 e. The van der Waals surface area contributed by atoms with Crippen molar-refractivity contribution in [2.75, 3.05) is 20.3 Å². The fraction of sp³-hybridized carbons (Fsp3) is 0.286. The van der Waals surface area contributed by atoms with Gasteiger partial charge in [0, 0.05) is 30.7 Å². The van der Waals surface area contributed by atoms with Crippen LogP contribution in [0.3, 0.4) is 0 Å². The number of amides is 1. The highest BCUT2D eigenvalue weighted by Crippen LogP contribution is 2.26. The van der Waals surface area contributed by atoms with E-state index in [1.165, 1.54) is 5.56 Å². The van der Waals surface area contributed by atoms with E-state index in [-0.39, 0.29) is 5.91 Å². The van der Waals surface area contributed by atoms with Crippen LogP contribution in [0, 0.1) is 13.8 Å². The van der Waals surface area contributed by atoms with Gasteiger partial charge in [-0.05, 0) is 37.6 Å². The number of aryl methyl sites for hydroxylation is 2. The van der Waals surface area contributed by atoms with Crippen LogP contribution >= 0.6 is 11.8 Å². The topological polar surface area (TPSA) is 69.0 Å². The molecule has 2 aromatic carbocycles. The van der Waals surface area contributed by atoms with Gasteiger partial charge in [0.05, 0.1) is 6.61 Å². The van der Waals surface area contributed by atoms with Gasteiger partial charge in [0.25, 0.3) is 5.91 Å². The Morgan fingerprint density at radius 1 is 1.11 bits per heavy atom. The maximum absolute atomic E-state index is 12.5. The van der Waals surface area contributed by atoms with Gasteiger partial charge in [0.1, 0.15) is 5.82 Å². The van der Waals surface area contributed by atoms with E-state index in [4.69, 9.17) is 4.74 Å². The molecule has 0 saturated carbocycles. The molecule has 1 aromatic heterocycles. The van der Waals surface area contributed by atoms with Crippen molar-refractivity contribution in [1.29, 1.82) is 0 Å². The summed E-state index contributed by atoms with van der Waals surface area (Å²) in [7, 11) is 1.61. The predicted octanol–water partition coefficient (Wildman–Crippen LogP) is 3.55. The standard InChI is InChI=1S/C21H24N4O2S/c1-15-8-10-18(11-9-15)25-16(2)23-24-21(25)28-14-17-6-4-5-7-19(17)20(26)22-12-13-27-3/h4-11H,12-14H2,1-3H3,(H,22,26). The average Bonchev–Trinajstić information content (AvgIpc) is 3.08. The van der Waals surface area contributed by atoms with Crippen LogP contribution in [0.4, 0.5) is 0 Å². The molecule has 7 heteroatoms. The third-order valence-electron chi connectivity index (χ3n) is 4.30. The lowest BCUT2D eigenvalue weighted by atomic mass is 10.1. The zero-order chi connectivity index (χ0) is 19.9. The summed E-state index contributed by atoms with van der Waals surface area (Å²) >= 11 is 1.56. The lowest BCUT2D eigenvalue weighted by Crippen LogP contribution is -2.27. The molecule has 0 radical (unpaired) electrons. The number of carbonyl (C=O) groups is 1. The quantitative estimate of drug-likeness (QED) is 0.466. The number of carbonyl (C=O) groups excluding carboxylic acids is 1. The Labute approximate surface area is 169 Å². The highest BCUT2D eigenvalue weighted by molar-refractivity contribution is 7.98. The summed E-state index contributed by atoms with van der Waals surface area (Å²) in [5.74, 6) is 1.36. The molecule has 0 aliphatic carbocycles. The van der Waals surface area contributed by atoms with Gasteiger partial charge < -0.3 is 10.1 Å². The zero-order valence-corrected chi connectivity index (χ0v) is 17.1. The number of ether oxygens (including phenoxy) is 1. The monoisotopic (exact) mass is 396 g/mol. The van der Waals surface area contributed by atoms with Crippen molar-refractivity contribution in [1.82, 2.24) is 20.1 Å². The van der Waals surface area contributed by atoms with E-state index < -0.39 is 0 Å². The van der Waals surface area contributed by atoms with Crippen molar-refractivity contribution in [3.8, 4) is 5.69 Å². The Bertz CT molecular complexity index is 938. The van der Waals surface area contributed by atoms with Crippen molar-refractivity contribution in [2.24, 2.45) is 0 Å². The SMILES string of the molecule is COCCNC(=O)c1ccccc1CSc1nnc(C)n1-c1ccc(C)cc1. The van der Waals surface area contributed by atoms with E-state index >= 15 is 0 Å². The lowest BCUT2D eigenvalue weighted by Gasteiger charge is -2.11. The summed E-state index contributed by atoms with van der Waals surface area (Å²) < 4.78 is 7.02. The van der Waals surface area contributed by atoms with Gasteiger partial charge in [-0.25, -0.2) is 0 Å². The number of aromatic nitrogens is 3. The number of nitrogens with one attached hydrogen (secondary N) is 1. The smallest absolute Gasteiger partial charge is 0.251 e. The highest BCUT2D eigenvalue weighted by Gasteiger charge is 2.15. The van der Waals surface area contributed by atoms with Crippen molar-refractivity contribution < 1.29 is 9.53 Å². The van der Waals surface area contributed by atoms with Crippen LogP contribution < -0.4 is 5.32 Å². The van der Waals surface area contributed by atoms with Gasteiger partial charge in [0.15, 0.2) is 5.16 Å².